The molecule has 1 aromatic rings. The molecule has 0 saturated carbocycles. The van der Waals surface area contributed by atoms with E-state index in [-0.39, 0.29) is 5.75 Å². The second-order valence-corrected chi connectivity index (χ2v) is 4.46. The van der Waals surface area contributed by atoms with Crippen molar-refractivity contribution >= 4 is 21.8 Å². The van der Waals surface area contributed by atoms with Gasteiger partial charge in [0, 0.05) is 0 Å². The highest BCUT2D eigenvalue weighted by atomic mass is 35.5. The average Bonchev–Trinajstić information content (AvgIpc) is 2.06. The van der Waals surface area contributed by atoms with Crippen LogP contribution in [0.15, 0.2) is 30.3 Å². The molecule has 0 heterocycles. The average molecular weight is 206 g/mol. The molecule has 0 amide bonds. The number of hydrogen-bond donors (Lipinski definition) is 1. The normalized spacial score (nSPS) is 11.4. The van der Waals surface area contributed by atoms with Gasteiger partial charge >= 0.3 is 0 Å². The van der Waals surface area contributed by atoms with Crippen LogP contribution in [0.25, 0.3) is 0 Å². The molecule has 0 atom stereocenters. The highest BCUT2D eigenvalue weighted by molar-refractivity contribution is 7.89. The fourth-order valence-corrected chi connectivity index (χ4v) is 1.67. The van der Waals surface area contributed by atoms with E-state index in [1.807, 2.05) is 6.07 Å². The Kier molecular flexibility index (Phi) is 3.08. The van der Waals surface area contributed by atoms with Gasteiger partial charge in [-0.3, -0.25) is 0 Å². The summed E-state index contributed by atoms with van der Waals surface area (Å²) in [6, 6.07) is 8.83. The zero-order valence-corrected chi connectivity index (χ0v) is 7.77. The summed E-state index contributed by atoms with van der Waals surface area (Å²) in [5, 5.41) is 0. The molecule has 0 aliphatic carbocycles. The molecular formula is C7H8ClNO2S. The van der Waals surface area contributed by atoms with Crippen molar-refractivity contribution < 1.29 is 8.42 Å². The lowest BCUT2D eigenvalue weighted by Crippen LogP contribution is -2.15. The molecule has 0 bridgehead atoms. The Balaban J connectivity index is 2.78. The Morgan fingerprint density at radius 2 is 1.83 bits per heavy atom. The van der Waals surface area contributed by atoms with Gasteiger partial charge in [-0.1, -0.05) is 30.3 Å². The molecule has 0 fully saturated rings. The summed E-state index contributed by atoms with van der Waals surface area (Å²) in [4.78, 5) is 0. The quantitative estimate of drug-likeness (QED) is 0.756. The largest absolute Gasteiger partial charge is 0.229 e. The van der Waals surface area contributed by atoms with Crippen molar-refractivity contribution in [3.63, 3.8) is 0 Å². The molecule has 0 spiro atoms. The van der Waals surface area contributed by atoms with Crippen LogP contribution in [0, 0.1) is 0 Å². The van der Waals surface area contributed by atoms with Crippen molar-refractivity contribution in [2.24, 2.45) is 0 Å². The highest BCUT2D eigenvalue weighted by Gasteiger charge is 2.08. The Morgan fingerprint density at radius 1 is 1.25 bits per heavy atom. The molecule has 3 nitrogen and oxygen atoms in total. The minimum atomic E-state index is -3.36. The third-order valence-corrected chi connectivity index (χ3v) is 2.97. The summed E-state index contributed by atoms with van der Waals surface area (Å²) >= 11 is 5.01. The van der Waals surface area contributed by atoms with Gasteiger partial charge < -0.3 is 0 Å². The Labute approximate surface area is 76.5 Å². The number of benzene rings is 1. The van der Waals surface area contributed by atoms with Crippen molar-refractivity contribution in [3.8, 4) is 0 Å². The van der Waals surface area contributed by atoms with Crippen molar-refractivity contribution in [2.45, 2.75) is 5.75 Å². The van der Waals surface area contributed by atoms with Gasteiger partial charge in [-0.2, -0.15) is 0 Å². The molecule has 0 aliphatic heterocycles. The van der Waals surface area contributed by atoms with Crippen LogP contribution in [0.3, 0.4) is 0 Å². The molecule has 0 radical (unpaired) electrons. The summed E-state index contributed by atoms with van der Waals surface area (Å²) in [5.74, 6) is -0.0860. The van der Waals surface area contributed by atoms with E-state index in [9.17, 15) is 8.42 Å². The molecule has 1 rings (SSSR count). The van der Waals surface area contributed by atoms with E-state index >= 15 is 0 Å². The summed E-state index contributed by atoms with van der Waals surface area (Å²) in [6.45, 7) is 0. The van der Waals surface area contributed by atoms with Gasteiger partial charge in [-0.15, -0.1) is 4.24 Å². The molecule has 66 valence electrons. The number of halogens is 1. The second kappa shape index (κ2) is 3.89. The number of sulfonamides is 1. The third kappa shape index (κ3) is 2.81. The van der Waals surface area contributed by atoms with Crippen molar-refractivity contribution in [1.29, 1.82) is 0 Å². The summed E-state index contributed by atoms with van der Waals surface area (Å²) in [6.07, 6.45) is 0. The topological polar surface area (TPSA) is 46.2 Å². The Bertz CT molecular complexity index is 336. The molecule has 12 heavy (non-hydrogen) atoms. The predicted octanol–water partition coefficient (Wildman–Crippen LogP) is 1.26. The van der Waals surface area contributed by atoms with Gasteiger partial charge in [0.25, 0.3) is 0 Å². The van der Waals surface area contributed by atoms with E-state index < -0.39 is 10.0 Å². The zero-order valence-electron chi connectivity index (χ0n) is 6.20. The Morgan fingerprint density at radius 3 is 2.33 bits per heavy atom. The fraction of sp³-hybridized carbons (Fsp3) is 0.143. The van der Waals surface area contributed by atoms with Crippen LogP contribution < -0.4 is 4.24 Å². The lowest BCUT2D eigenvalue weighted by molar-refractivity contribution is 0.593. The van der Waals surface area contributed by atoms with Crippen LogP contribution in [-0.2, 0) is 15.8 Å². The summed E-state index contributed by atoms with van der Waals surface area (Å²) in [5.41, 5.74) is 0.714. The van der Waals surface area contributed by atoms with Gasteiger partial charge in [0.05, 0.1) is 5.75 Å². The van der Waals surface area contributed by atoms with Crippen LogP contribution in [-0.4, -0.2) is 8.42 Å². The summed E-state index contributed by atoms with van der Waals surface area (Å²) in [7, 11) is -3.36. The van der Waals surface area contributed by atoms with Gasteiger partial charge in [0.2, 0.25) is 10.0 Å². The van der Waals surface area contributed by atoms with E-state index in [0.29, 0.717) is 5.56 Å². The van der Waals surface area contributed by atoms with E-state index in [0.717, 1.165) is 0 Å². The molecule has 5 heteroatoms. The number of rotatable bonds is 3. The molecule has 0 aliphatic rings. The minimum absolute atomic E-state index is 0.0860. The maximum absolute atomic E-state index is 10.9. The first-order valence-corrected chi connectivity index (χ1v) is 5.31. The second-order valence-electron chi connectivity index (χ2n) is 2.32. The highest BCUT2D eigenvalue weighted by Crippen LogP contribution is 2.03. The molecule has 1 aromatic carbocycles. The smallest absolute Gasteiger partial charge is 0.211 e. The molecule has 1 N–H and O–H groups in total. The number of hydrogen-bond acceptors (Lipinski definition) is 2. The first-order valence-electron chi connectivity index (χ1n) is 3.28. The van der Waals surface area contributed by atoms with Crippen molar-refractivity contribution in [1.82, 2.24) is 4.24 Å². The van der Waals surface area contributed by atoms with Crippen LogP contribution in [0.4, 0.5) is 0 Å². The SMILES string of the molecule is O=S(=O)(Cc1ccccc1)NCl. The predicted molar refractivity (Wildman–Crippen MR) is 48.1 cm³/mol. The lowest BCUT2D eigenvalue weighted by Gasteiger charge is -1.99. The fourth-order valence-electron chi connectivity index (χ4n) is 0.821. The zero-order chi connectivity index (χ0) is 9.03. The van der Waals surface area contributed by atoms with Crippen LogP contribution in [0.2, 0.25) is 0 Å². The van der Waals surface area contributed by atoms with Gasteiger partial charge in [0.1, 0.15) is 0 Å². The van der Waals surface area contributed by atoms with Crippen LogP contribution >= 0.6 is 11.8 Å². The minimum Gasteiger partial charge on any atom is -0.211 e. The van der Waals surface area contributed by atoms with Gasteiger partial charge in [-0.25, -0.2) is 8.42 Å². The van der Waals surface area contributed by atoms with Gasteiger partial charge in [-0.05, 0) is 17.3 Å². The lowest BCUT2D eigenvalue weighted by atomic mass is 10.2. The van der Waals surface area contributed by atoms with Crippen molar-refractivity contribution in [3.05, 3.63) is 35.9 Å². The molecule has 0 unspecified atom stereocenters. The monoisotopic (exact) mass is 205 g/mol. The standard InChI is InChI=1S/C7H8ClNO2S/c8-9-12(10,11)6-7-4-2-1-3-5-7/h1-5,9H,6H2. The Hall–Kier alpha value is -0.580. The summed E-state index contributed by atoms with van der Waals surface area (Å²) < 4.78 is 23.6. The maximum Gasteiger partial charge on any atom is 0.229 e. The van der Waals surface area contributed by atoms with Crippen molar-refractivity contribution in [2.75, 3.05) is 0 Å². The van der Waals surface area contributed by atoms with Crippen LogP contribution in [0.5, 0.6) is 0 Å². The third-order valence-electron chi connectivity index (χ3n) is 1.32. The first-order chi connectivity index (χ1) is 5.64. The van der Waals surface area contributed by atoms with E-state index in [4.69, 9.17) is 11.8 Å². The molecular weight excluding hydrogens is 198 g/mol. The van der Waals surface area contributed by atoms with E-state index in [1.165, 1.54) is 0 Å². The maximum atomic E-state index is 10.9. The van der Waals surface area contributed by atoms with Crippen LogP contribution in [0.1, 0.15) is 5.56 Å². The number of nitrogens with one attached hydrogen (secondary N) is 1. The van der Waals surface area contributed by atoms with E-state index in [1.54, 1.807) is 28.5 Å². The van der Waals surface area contributed by atoms with E-state index in [2.05, 4.69) is 0 Å². The van der Waals surface area contributed by atoms with Gasteiger partial charge in [0.15, 0.2) is 0 Å². The molecule has 0 saturated heterocycles. The molecule has 0 aromatic heterocycles. The first kappa shape index (κ1) is 9.51.